The number of pyridine rings is 1. The Morgan fingerprint density at radius 1 is 1.32 bits per heavy atom. The van der Waals surface area contributed by atoms with Gasteiger partial charge in [0.15, 0.2) is 6.10 Å². The van der Waals surface area contributed by atoms with Crippen molar-refractivity contribution in [1.29, 1.82) is 0 Å². The fourth-order valence-corrected chi connectivity index (χ4v) is 2.53. The molecule has 2 heterocycles. The predicted octanol–water partition coefficient (Wildman–Crippen LogP) is 4.29. The molecular weight excluding hydrogens is 361 g/mol. The molecule has 1 unspecified atom stereocenters. The van der Waals surface area contributed by atoms with Gasteiger partial charge in [-0.2, -0.15) is 13.2 Å². The molecule has 25 heavy (non-hydrogen) atoms. The topological polar surface area (TPSA) is 51.7 Å². The van der Waals surface area contributed by atoms with Crippen LogP contribution in [0, 0.1) is 0 Å². The molecule has 3 rings (SSSR count). The molecule has 9 heteroatoms. The van der Waals surface area contributed by atoms with E-state index in [4.69, 9.17) is 21.1 Å². The zero-order valence-corrected chi connectivity index (χ0v) is 13.9. The first-order valence-corrected chi connectivity index (χ1v) is 7.53. The summed E-state index contributed by atoms with van der Waals surface area (Å²) in [6, 6.07) is 5.41. The summed E-state index contributed by atoms with van der Waals surface area (Å²) in [6.07, 6.45) is -4.51. The van der Waals surface area contributed by atoms with Crippen molar-refractivity contribution in [3.8, 4) is 17.4 Å². The summed E-state index contributed by atoms with van der Waals surface area (Å²) in [5, 5.41) is -0.276. The van der Waals surface area contributed by atoms with E-state index in [0.717, 1.165) is 6.07 Å². The van der Waals surface area contributed by atoms with Gasteiger partial charge in [-0.15, -0.1) is 0 Å². The minimum Gasteiger partial charge on any atom is -0.479 e. The third-order valence-electron chi connectivity index (χ3n) is 3.62. The average molecular weight is 373 g/mol. The number of hydrogen-bond acceptors (Lipinski definition) is 4. The van der Waals surface area contributed by atoms with E-state index < -0.39 is 17.8 Å². The Kier molecular flexibility index (Phi) is 4.24. The van der Waals surface area contributed by atoms with E-state index in [1.165, 1.54) is 11.0 Å². The molecule has 0 saturated heterocycles. The van der Waals surface area contributed by atoms with Crippen LogP contribution < -0.4 is 14.4 Å². The van der Waals surface area contributed by atoms with Gasteiger partial charge in [0.05, 0.1) is 11.3 Å². The average Bonchev–Trinajstić information content (AvgIpc) is 2.54. The normalized spacial score (nSPS) is 17.1. The van der Waals surface area contributed by atoms with Gasteiger partial charge in [-0.3, -0.25) is 4.79 Å². The van der Waals surface area contributed by atoms with Crippen LogP contribution in [0.3, 0.4) is 0 Å². The Morgan fingerprint density at radius 3 is 2.68 bits per heavy atom. The van der Waals surface area contributed by atoms with Crippen LogP contribution in [0.25, 0.3) is 0 Å². The van der Waals surface area contributed by atoms with Gasteiger partial charge in [0, 0.05) is 19.3 Å². The number of nitrogens with zero attached hydrogens (tertiary/aromatic N) is 2. The van der Waals surface area contributed by atoms with Gasteiger partial charge in [-0.05, 0) is 25.1 Å². The SMILES string of the molecule is CC1Oc2ccc(Oc3ncc(C(F)(F)F)cc3Cl)cc2N(C)C1=O. The van der Waals surface area contributed by atoms with Crippen LogP contribution in [0.1, 0.15) is 12.5 Å². The third-order valence-corrected chi connectivity index (χ3v) is 3.89. The van der Waals surface area contributed by atoms with Crippen LogP contribution in [0.15, 0.2) is 30.5 Å². The van der Waals surface area contributed by atoms with Crippen LogP contribution in [-0.4, -0.2) is 24.0 Å². The summed E-state index contributed by atoms with van der Waals surface area (Å²) in [7, 11) is 1.59. The quantitative estimate of drug-likeness (QED) is 0.789. The number of halogens is 4. The lowest BCUT2D eigenvalue weighted by molar-refractivity contribution is -0.137. The fraction of sp³-hybridized carbons (Fsp3) is 0.250. The number of fused-ring (bicyclic) bond motifs is 1. The van der Waals surface area contributed by atoms with Gasteiger partial charge in [0.1, 0.15) is 16.5 Å². The van der Waals surface area contributed by atoms with Crippen molar-refractivity contribution in [1.82, 2.24) is 4.98 Å². The highest BCUT2D eigenvalue weighted by Crippen LogP contribution is 2.39. The zero-order valence-electron chi connectivity index (χ0n) is 13.1. The van der Waals surface area contributed by atoms with Crippen molar-refractivity contribution in [2.24, 2.45) is 0 Å². The zero-order chi connectivity index (χ0) is 18.4. The molecule has 5 nitrogen and oxygen atoms in total. The van der Waals surface area contributed by atoms with E-state index in [1.54, 1.807) is 26.1 Å². The first-order chi connectivity index (χ1) is 11.7. The molecule has 0 radical (unpaired) electrons. The first kappa shape index (κ1) is 17.3. The Hall–Kier alpha value is -2.48. The highest BCUT2D eigenvalue weighted by atomic mass is 35.5. The molecule has 1 amide bonds. The van der Waals surface area contributed by atoms with Crippen LogP contribution in [0.2, 0.25) is 5.02 Å². The number of alkyl halides is 3. The molecule has 1 aromatic heterocycles. The summed E-state index contributed by atoms with van der Waals surface area (Å²) >= 11 is 5.82. The minimum absolute atomic E-state index is 0.173. The molecule has 0 saturated carbocycles. The number of anilines is 1. The number of aromatic nitrogens is 1. The van der Waals surface area contributed by atoms with Gasteiger partial charge >= 0.3 is 6.18 Å². The van der Waals surface area contributed by atoms with Crippen molar-refractivity contribution < 1.29 is 27.4 Å². The smallest absolute Gasteiger partial charge is 0.417 e. The summed E-state index contributed by atoms with van der Waals surface area (Å²) in [5.41, 5.74) is -0.494. The number of hydrogen-bond donors (Lipinski definition) is 0. The Morgan fingerprint density at radius 2 is 2.04 bits per heavy atom. The molecule has 0 bridgehead atoms. The van der Waals surface area contributed by atoms with Gasteiger partial charge in [-0.25, -0.2) is 4.98 Å². The Balaban J connectivity index is 1.89. The summed E-state index contributed by atoms with van der Waals surface area (Å²) < 4.78 is 48.8. The van der Waals surface area contributed by atoms with E-state index >= 15 is 0 Å². The van der Waals surface area contributed by atoms with Gasteiger partial charge in [0.2, 0.25) is 5.88 Å². The largest absolute Gasteiger partial charge is 0.479 e. The van der Waals surface area contributed by atoms with Crippen LogP contribution >= 0.6 is 11.6 Å². The van der Waals surface area contributed by atoms with Gasteiger partial charge in [0.25, 0.3) is 5.91 Å². The van der Waals surface area contributed by atoms with E-state index in [-0.39, 0.29) is 22.6 Å². The van der Waals surface area contributed by atoms with E-state index in [2.05, 4.69) is 4.98 Å². The number of carbonyl (C=O) groups excluding carboxylic acids is 1. The second-order valence-electron chi connectivity index (χ2n) is 5.40. The van der Waals surface area contributed by atoms with E-state index in [0.29, 0.717) is 17.6 Å². The Bertz CT molecular complexity index is 842. The highest BCUT2D eigenvalue weighted by molar-refractivity contribution is 6.31. The number of rotatable bonds is 2. The van der Waals surface area contributed by atoms with Crippen LogP contribution in [-0.2, 0) is 11.0 Å². The van der Waals surface area contributed by atoms with Gasteiger partial charge in [-0.1, -0.05) is 11.6 Å². The van der Waals surface area contributed by atoms with Crippen molar-refractivity contribution in [3.63, 3.8) is 0 Å². The van der Waals surface area contributed by atoms with Crippen molar-refractivity contribution in [3.05, 3.63) is 41.0 Å². The van der Waals surface area contributed by atoms with Crippen LogP contribution in [0.5, 0.6) is 17.4 Å². The van der Waals surface area contributed by atoms with E-state index in [9.17, 15) is 18.0 Å². The van der Waals surface area contributed by atoms with Crippen molar-refractivity contribution in [2.75, 3.05) is 11.9 Å². The molecular formula is C16H12ClF3N2O3. The number of carbonyl (C=O) groups is 1. The number of likely N-dealkylation sites (N-methyl/N-ethyl adjacent to an activating group) is 1. The lowest BCUT2D eigenvalue weighted by Gasteiger charge is -2.30. The molecule has 1 aromatic carbocycles. The van der Waals surface area contributed by atoms with Crippen molar-refractivity contribution >= 4 is 23.2 Å². The number of ether oxygens (including phenoxy) is 2. The third kappa shape index (κ3) is 3.34. The minimum atomic E-state index is -4.54. The standard InChI is InChI=1S/C16H12ClF3N2O3/c1-8-15(23)22(2)12-6-10(3-4-13(12)24-8)25-14-11(17)5-9(7-21-14)16(18,19)20/h3-8H,1-2H3. The highest BCUT2D eigenvalue weighted by Gasteiger charge is 2.32. The molecule has 0 fully saturated rings. The second kappa shape index (κ2) is 6.11. The molecule has 1 aliphatic rings. The molecule has 0 aliphatic carbocycles. The Labute approximate surface area is 145 Å². The summed E-state index contributed by atoms with van der Waals surface area (Å²) in [4.78, 5) is 17.0. The molecule has 1 aliphatic heterocycles. The molecule has 1 atom stereocenters. The maximum Gasteiger partial charge on any atom is 0.417 e. The molecule has 0 N–H and O–H groups in total. The maximum atomic E-state index is 12.6. The lowest BCUT2D eigenvalue weighted by atomic mass is 10.2. The second-order valence-corrected chi connectivity index (χ2v) is 5.80. The van der Waals surface area contributed by atoms with Crippen molar-refractivity contribution in [2.45, 2.75) is 19.2 Å². The molecule has 2 aromatic rings. The van der Waals surface area contributed by atoms with Gasteiger partial charge < -0.3 is 14.4 Å². The number of benzene rings is 1. The molecule has 0 spiro atoms. The monoisotopic (exact) mass is 372 g/mol. The number of amides is 1. The lowest BCUT2D eigenvalue weighted by Crippen LogP contribution is -2.41. The predicted molar refractivity (Wildman–Crippen MR) is 84.3 cm³/mol. The van der Waals surface area contributed by atoms with E-state index in [1.807, 2.05) is 0 Å². The first-order valence-electron chi connectivity index (χ1n) is 7.15. The summed E-state index contributed by atoms with van der Waals surface area (Å²) in [5.74, 6) is 0.350. The van der Waals surface area contributed by atoms with Crippen LogP contribution in [0.4, 0.5) is 18.9 Å². The summed E-state index contributed by atoms with van der Waals surface area (Å²) in [6.45, 7) is 1.64. The molecule has 132 valence electrons. The maximum absolute atomic E-state index is 12.6. The fourth-order valence-electron chi connectivity index (χ4n) is 2.32.